The molecule has 2 unspecified atom stereocenters. The molecule has 0 aliphatic rings. The van der Waals surface area contributed by atoms with Crippen LogP contribution in [0.5, 0.6) is 5.75 Å². The predicted octanol–water partition coefficient (Wildman–Crippen LogP) is 3.72. The molecule has 2 aromatic rings. The molecule has 0 heterocycles. The number of nitrogens with two attached hydrogens (primary N) is 1. The maximum atomic E-state index is 6.25. The van der Waals surface area contributed by atoms with E-state index in [1.54, 1.807) is 7.11 Å². The fourth-order valence-electron chi connectivity index (χ4n) is 2.03. The summed E-state index contributed by atoms with van der Waals surface area (Å²) in [5.74, 6) is 0.813. The average molecular weight is 308 g/mol. The monoisotopic (exact) mass is 307 g/mol. The summed E-state index contributed by atoms with van der Waals surface area (Å²) in [6.07, 6.45) is -0.0673. The summed E-state index contributed by atoms with van der Waals surface area (Å²) < 4.78 is 11.1. The minimum absolute atomic E-state index is 0. The molecule has 3 nitrogen and oxygen atoms in total. The van der Waals surface area contributed by atoms with Crippen LogP contribution in [0.25, 0.3) is 0 Å². The Kier molecular flexibility index (Phi) is 7.23. The van der Waals surface area contributed by atoms with E-state index in [1.807, 2.05) is 61.5 Å². The molecule has 4 heteroatoms. The van der Waals surface area contributed by atoms with E-state index >= 15 is 0 Å². The second-order valence-electron chi connectivity index (χ2n) is 4.80. The van der Waals surface area contributed by atoms with Crippen LogP contribution in [0, 0.1) is 0 Å². The van der Waals surface area contributed by atoms with Crippen molar-refractivity contribution in [3.63, 3.8) is 0 Å². The Bertz CT molecular complexity index is 533. The zero-order chi connectivity index (χ0) is 14.4. The second-order valence-corrected chi connectivity index (χ2v) is 4.80. The number of hydrogen-bond donors (Lipinski definition) is 1. The van der Waals surface area contributed by atoms with Gasteiger partial charge in [0.15, 0.2) is 0 Å². The van der Waals surface area contributed by atoms with Crippen LogP contribution in [0.1, 0.15) is 24.1 Å². The highest BCUT2D eigenvalue weighted by Crippen LogP contribution is 2.21. The van der Waals surface area contributed by atoms with Crippen LogP contribution in [-0.2, 0) is 11.3 Å². The lowest BCUT2D eigenvalue weighted by molar-refractivity contribution is 0.0356. The van der Waals surface area contributed by atoms with Crippen molar-refractivity contribution in [3.05, 3.63) is 65.7 Å². The zero-order valence-electron chi connectivity index (χ0n) is 12.4. The third-order valence-corrected chi connectivity index (χ3v) is 3.34. The Labute approximate surface area is 132 Å². The van der Waals surface area contributed by atoms with Gasteiger partial charge in [0.1, 0.15) is 5.75 Å². The van der Waals surface area contributed by atoms with Crippen LogP contribution in [0.2, 0.25) is 0 Å². The molecule has 21 heavy (non-hydrogen) atoms. The number of hydrogen-bond acceptors (Lipinski definition) is 3. The minimum atomic E-state index is -0.172. The minimum Gasteiger partial charge on any atom is -0.497 e. The van der Waals surface area contributed by atoms with Gasteiger partial charge in [-0.15, -0.1) is 12.4 Å². The zero-order valence-corrected chi connectivity index (χ0v) is 13.2. The quantitative estimate of drug-likeness (QED) is 0.884. The fraction of sp³-hybridized carbons (Fsp3) is 0.294. The molecule has 0 saturated heterocycles. The van der Waals surface area contributed by atoms with Gasteiger partial charge >= 0.3 is 0 Å². The van der Waals surface area contributed by atoms with Gasteiger partial charge in [-0.05, 0) is 30.2 Å². The van der Waals surface area contributed by atoms with Gasteiger partial charge in [-0.3, -0.25) is 0 Å². The molecule has 0 aliphatic carbocycles. The summed E-state index contributed by atoms with van der Waals surface area (Å²) in [5.41, 5.74) is 8.41. The topological polar surface area (TPSA) is 44.5 Å². The molecule has 0 radical (unpaired) electrons. The van der Waals surface area contributed by atoms with Gasteiger partial charge in [0.05, 0.1) is 25.9 Å². The highest BCUT2D eigenvalue weighted by molar-refractivity contribution is 5.85. The Morgan fingerprint density at radius 2 is 1.76 bits per heavy atom. The number of ether oxygens (including phenoxy) is 2. The van der Waals surface area contributed by atoms with Crippen molar-refractivity contribution in [2.45, 2.75) is 25.7 Å². The van der Waals surface area contributed by atoms with E-state index in [0.717, 1.165) is 16.9 Å². The fourth-order valence-corrected chi connectivity index (χ4v) is 2.03. The van der Waals surface area contributed by atoms with Gasteiger partial charge in [0.25, 0.3) is 0 Å². The molecule has 2 N–H and O–H groups in total. The molecular weight excluding hydrogens is 286 g/mol. The standard InChI is InChI=1S/C17H21NO2.ClH/c1-13(20-12-14-7-4-3-5-8-14)17(18)15-9-6-10-16(11-15)19-2;/h3-11,13,17H,12,18H2,1-2H3;1H. The number of rotatable bonds is 6. The molecule has 2 rings (SSSR count). The molecule has 0 aliphatic heterocycles. The summed E-state index contributed by atoms with van der Waals surface area (Å²) in [7, 11) is 1.65. The van der Waals surface area contributed by atoms with Crippen molar-refractivity contribution in [2.24, 2.45) is 5.73 Å². The molecule has 0 saturated carbocycles. The lowest BCUT2D eigenvalue weighted by Gasteiger charge is -2.21. The SMILES string of the molecule is COc1cccc(C(N)C(C)OCc2ccccc2)c1.Cl. The van der Waals surface area contributed by atoms with Crippen LogP contribution in [0.15, 0.2) is 54.6 Å². The van der Waals surface area contributed by atoms with Crippen molar-refractivity contribution in [1.82, 2.24) is 0 Å². The van der Waals surface area contributed by atoms with Gasteiger partial charge in [0, 0.05) is 0 Å². The van der Waals surface area contributed by atoms with E-state index in [2.05, 4.69) is 0 Å². The highest BCUT2D eigenvalue weighted by atomic mass is 35.5. The van der Waals surface area contributed by atoms with Crippen molar-refractivity contribution < 1.29 is 9.47 Å². The first-order valence-electron chi connectivity index (χ1n) is 6.76. The lowest BCUT2D eigenvalue weighted by Crippen LogP contribution is -2.26. The number of halogens is 1. The Morgan fingerprint density at radius 3 is 2.43 bits per heavy atom. The van der Waals surface area contributed by atoms with Crippen molar-refractivity contribution in [3.8, 4) is 5.75 Å². The van der Waals surface area contributed by atoms with E-state index in [0.29, 0.717) is 6.61 Å². The van der Waals surface area contributed by atoms with Crippen LogP contribution in [0.4, 0.5) is 0 Å². The summed E-state index contributed by atoms with van der Waals surface area (Å²) in [4.78, 5) is 0. The molecular formula is C17H22ClNO2. The Hall–Kier alpha value is -1.55. The van der Waals surface area contributed by atoms with Gasteiger partial charge in [-0.25, -0.2) is 0 Å². The summed E-state index contributed by atoms with van der Waals surface area (Å²) >= 11 is 0. The lowest BCUT2D eigenvalue weighted by atomic mass is 10.0. The van der Waals surface area contributed by atoms with Crippen molar-refractivity contribution in [2.75, 3.05) is 7.11 Å². The molecule has 114 valence electrons. The van der Waals surface area contributed by atoms with Crippen molar-refractivity contribution in [1.29, 1.82) is 0 Å². The normalized spacial score (nSPS) is 13.1. The predicted molar refractivity (Wildman–Crippen MR) is 87.9 cm³/mol. The maximum Gasteiger partial charge on any atom is 0.119 e. The first-order valence-corrected chi connectivity index (χ1v) is 6.76. The molecule has 0 bridgehead atoms. The summed E-state index contributed by atoms with van der Waals surface area (Å²) in [6, 6.07) is 17.7. The molecule has 0 amide bonds. The van der Waals surface area contributed by atoms with Crippen LogP contribution < -0.4 is 10.5 Å². The first-order chi connectivity index (χ1) is 9.70. The smallest absolute Gasteiger partial charge is 0.119 e. The number of methoxy groups -OCH3 is 1. The Balaban J connectivity index is 0.00000220. The van der Waals surface area contributed by atoms with E-state index in [-0.39, 0.29) is 24.6 Å². The van der Waals surface area contributed by atoms with Crippen LogP contribution >= 0.6 is 12.4 Å². The second kappa shape index (κ2) is 8.67. The van der Waals surface area contributed by atoms with E-state index < -0.39 is 0 Å². The molecule has 2 aromatic carbocycles. The van der Waals surface area contributed by atoms with Gasteiger partial charge in [-0.1, -0.05) is 42.5 Å². The van der Waals surface area contributed by atoms with Crippen LogP contribution in [0.3, 0.4) is 0 Å². The van der Waals surface area contributed by atoms with E-state index in [1.165, 1.54) is 0 Å². The van der Waals surface area contributed by atoms with E-state index in [4.69, 9.17) is 15.2 Å². The third-order valence-electron chi connectivity index (χ3n) is 3.34. The molecule has 0 fully saturated rings. The van der Waals surface area contributed by atoms with Gasteiger partial charge in [-0.2, -0.15) is 0 Å². The Morgan fingerprint density at radius 1 is 1.05 bits per heavy atom. The molecule has 0 spiro atoms. The van der Waals surface area contributed by atoms with Gasteiger partial charge < -0.3 is 15.2 Å². The van der Waals surface area contributed by atoms with Crippen LogP contribution in [-0.4, -0.2) is 13.2 Å². The van der Waals surface area contributed by atoms with E-state index in [9.17, 15) is 0 Å². The molecule has 2 atom stereocenters. The summed E-state index contributed by atoms with van der Waals surface area (Å²) in [6.45, 7) is 2.56. The largest absolute Gasteiger partial charge is 0.497 e. The molecule has 0 aromatic heterocycles. The number of benzene rings is 2. The summed E-state index contributed by atoms with van der Waals surface area (Å²) in [5, 5.41) is 0. The van der Waals surface area contributed by atoms with Crippen molar-refractivity contribution >= 4 is 12.4 Å². The average Bonchev–Trinajstić information content (AvgIpc) is 2.53. The van der Waals surface area contributed by atoms with Gasteiger partial charge in [0.2, 0.25) is 0 Å². The highest BCUT2D eigenvalue weighted by Gasteiger charge is 2.16. The third kappa shape index (κ3) is 5.05. The first kappa shape index (κ1) is 17.5. The maximum absolute atomic E-state index is 6.25.